The standard InChI is InChI=1S/C28H28ClF2N3O3/c29-24-11-10-22(33-27(35)17-37-23-6-2-1-3-7-23)14-19(24)16-34(26-9-5-4-8-25(26)32)28(36)18-12-20(30)15-21(31)13-18/h1-3,6-7,10-15,25-26H,4-5,8-9,16-17,32H2,(H,33,35). The van der Waals surface area contributed by atoms with Crippen molar-refractivity contribution in [1.82, 2.24) is 4.90 Å². The van der Waals surface area contributed by atoms with Gasteiger partial charge < -0.3 is 20.7 Å². The number of halogens is 3. The third-order valence-electron chi connectivity index (χ3n) is 6.34. The lowest BCUT2D eigenvalue weighted by atomic mass is 9.89. The average Bonchev–Trinajstić information content (AvgIpc) is 2.88. The minimum Gasteiger partial charge on any atom is -0.484 e. The summed E-state index contributed by atoms with van der Waals surface area (Å²) in [7, 11) is 0. The molecule has 0 spiro atoms. The highest BCUT2D eigenvalue weighted by molar-refractivity contribution is 6.31. The minimum absolute atomic E-state index is 0.0540. The molecule has 4 rings (SSSR count). The van der Waals surface area contributed by atoms with E-state index >= 15 is 0 Å². The summed E-state index contributed by atoms with van der Waals surface area (Å²) < 4.78 is 33.3. The Labute approximate surface area is 219 Å². The number of para-hydroxylation sites is 1. The molecule has 0 saturated heterocycles. The van der Waals surface area contributed by atoms with E-state index in [1.165, 1.54) is 4.90 Å². The number of anilines is 1. The first-order chi connectivity index (χ1) is 17.8. The van der Waals surface area contributed by atoms with E-state index in [0.717, 1.165) is 37.5 Å². The monoisotopic (exact) mass is 527 g/mol. The van der Waals surface area contributed by atoms with Gasteiger partial charge in [0, 0.05) is 41.0 Å². The van der Waals surface area contributed by atoms with Crippen LogP contribution in [0, 0.1) is 11.6 Å². The molecule has 2 atom stereocenters. The van der Waals surface area contributed by atoms with Gasteiger partial charge in [0.1, 0.15) is 17.4 Å². The normalized spacial score (nSPS) is 17.2. The van der Waals surface area contributed by atoms with E-state index in [2.05, 4.69) is 5.32 Å². The fraction of sp³-hybridized carbons (Fsp3) is 0.286. The zero-order chi connectivity index (χ0) is 26.4. The zero-order valence-electron chi connectivity index (χ0n) is 20.1. The van der Waals surface area contributed by atoms with Crippen molar-refractivity contribution in [2.45, 2.75) is 44.3 Å². The van der Waals surface area contributed by atoms with Crippen LogP contribution in [0.15, 0.2) is 66.7 Å². The molecule has 3 N–H and O–H groups in total. The molecule has 9 heteroatoms. The van der Waals surface area contributed by atoms with Crippen molar-refractivity contribution in [2.75, 3.05) is 11.9 Å². The van der Waals surface area contributed by atoms with Crippen molar-refractivity contribution in [3.05, 3.63) is 94.5 Å². The predicted molar refractivity (Wildman–Crippen MR) is 138 cm³/mol. The highest BCUT2D eigenvalue weighted by Crippen LogP contribution is 2.29. The highest BCUT2D eigenvalue weighted by atomic mass is 35.5. The van der Waals surface area contributed by atoms with E-state index in [4.69, 9.17) is 22.1 Å². The smallest absolute Gasteiger partial charge is 0.262 e. The second kappa shape index (κ2) is 12.2. The van der Waals surface area contributed by atoms with Crippen molar-refractivity contribution >= 4 is 29.1 Å². The van der Waals surface area contributed by atoms with Gasteiger partial charge in [-0.1, -0.05) is 42.6 Å². The van der Waals surface area contributed by atoms with Crippen LogP contribution in [0.2, 0.25) is 5.02 Å². The first-order valence-corrected chi connectivity index (χ1v) is 12.5. The number of nitrogens with zero attached hydrogens (tertiary/aromatic N) is 1. The summed E-state index contributed by atoms with van der Waals surface area (Å²) in [4.78, 5) is 27.5. The van der Waals surface area contributed by atoms with Gasteiger partial charge in [-0.2, -0.15) is 0 Å². The second-order valence-electron chi connectivity index (χ2n) is 9.06. The van der Waals surface area contributed by atoms with E-state index in [-0.39, 0.29) is 36.7 Å². The number of carbonyl (C=O) groups excluding carboxylic acids is 2. The van der Waals surface area contributed by atoms with E-state index in [9.17, 15) is 18.4 Å². The van der Waals surface area contributed by atoms with E-state index in [0.29, 0.717) is 28.4 Å². The molecule has 1 aliphatic rings. The number of hydrogen-bond acceptors (Lipinski definition) is 4. The molecule has 0 aromatic heterocycles. The molecular weight excluding hydrogens is 500 g/mol. The molecule has 6 nitrogen and oxygen atoms in total. The molecule has 3 aromatic rings. The lowest BCUT2D eigenvalue weighted by Crippen LogP contribution is -2.51. The lowest BCUT2D eigenvalue weighted by Gasteiger charge is -2.38. The van der Waals surface area contributed by atoms with E-state index in [1.807, 2.05) is 18.2 Å². The fourth-order valence-electron chi connectivity index (χ4n) is 4.53. The van der Waals surface area contributed by atoms with Crippen LogP contribution in [0.5, 0.6) is 5.75 Å². The van der Waals surface area contributed by atoms with Crippen molar-refractivity contribution < 1.29 is 23.1 Å². The van der Waals surface area contributed by atoms with Crippen molar-refractivity contribution in [2.24, 2.45) is 5.73 Å². The van der Waals surface area contributed by atoms with Gasteiger partial charge in [-0.3, -0.25) is 9.59 Å². The number of ether oxygens (including phenoxy) is 1. The van der Waals surface area contributed by atoms with Crippen molar-refractivity contribution in [1.29, 1.82) is 0 Å². The number of amides is 2. The molecule has 1 saturated carbocycles. The summed E-state index contributed by atoms with van der Waals surface area (Å²) in [6, 6.07) is 16.0. The number of nitrogens with one attached hydrogen (secondary N) is 1. The maximum Gasteiger partial charge on any atom is 0.262 e. The lowest BCUT2D eigenvalue weighted by molar-refractivity contribution is -0.118. The molecule has 0 radical (unpaired) electrons. The molecule has 0 aliphatic heterocycles. The quantitative estimate of drug-likeness (QED) is 0.402. The van der Waals surface area contributed by atoms with Crippen LogP contribution < -0.4 is 15.8 Å². The SMILES string of the molecule is NC1CCCCC1N(Cc1cc(NC(=O)COc2ccccc2)ccc1Cl)C(=O)c1cc(F)cc(F)c1. The molecule has 37 heavy (non-hydrogen) atoms. The molecule has 2 unspecified atom stereocenters. The number of nitrogens with two attached hydrogens (primary N) is 1. The third kappa shape index (κ3) is 7.05. The van der Waals surface area contributed by atoms with Gasteiger partial charge in [-0.25, -0.2) is 8.78 Å². The van der Waals surface area contributed by atoms with Gasteiger partial charge >= 0.3 is 0 Å². The van der Waals surface area contributed by atoms with Crippen LogP contribution in [0.25, 0.3) is 0 Å². The van der Waals surface area contributed by atoms with Gasteiger partial charge in [0.2, 0.25) is 0 Å². The van der Waals surface area contributed by atoms with Gasteiger partial charge in [-0.15, -0.1) is 0 Å². The first-order valence-electron chi connectivity index (χ1n) is 12.1. The summed E-state index contributed by atoms with van der Waals surface area (Å²) in [5.74, 6) is -2.01. The summed E-state index contributed by atoms with van der Waals surface area (Å²) >= 11 is 6.47. The van der Waals surface area contributed by atoms with Gasteiger partial charge in [0.05, 0.1) is 0 Å². The first kappa shape index (κ1) is 26.6. The Balaban J connectivity index is 1.54. The predicted octanol–water partition coefficient (Wildman–Crippen LogP) is 5.55. The molecule has 194 valence electrons. The van der Waals surface area contributed by atoms with E-state index < -0.39 is 17.5 Å². The Kier molecular flexibility index (Phi) is 8.74. The van der Waals surface area contributed by atoms with Crippen LogP contribution in [0.4, 0.5) is 14.5 Å². The Hall–Kier alpha value is -3.49. The Morgan fingerprint density at radius 2 is 1.70 bits per heavy atom. The third-order valence-corrected chi connectivity index (χ3v) is 6.70. The minimum atomic E-state index is -0.836. The number of hydrogen-bond donors (Lipinski definition) is 2. The molecule has 2 amide bonds. The largest absolute Gasteiger partial charge is 0.484 e. The Morgan fingerprint density at radius 3 is 2.41 bits per heavy atom. The fourth-order valence-corrected chi connectivity index (χ4v) is 4.71. The Bertz CT molecular complexity index is 1240. The van der Waals surface area contributed by atoms with Gasteiger partial charge in [0.25, 0.3) is 11.8 Å². The van der Waals surface area contributed by atoms with Gasteiger partial charge in [0.15, 0.2) is 6.61 Å². The van der Waals surface area contributed by atoms with Crippen LogP contribution in [0.3, 0.4) is 0 Å². The van der Waals surface area contributed by atoms with Crippen LogP contribution >= 0.6 is 11.6 Å². The van der Waals surface area contributed by atoms with Crippen molar-refractivity contribution in [3.63, 3.8) is 0 Å². The summed E-state index contributed by atoms with van der Waals surface area (Å²) in [5, 5.41) is 3.15. The topological polar surface area (TPSA) is 84.7 Å². The van der Waals surface area contributed by atoms with Crippen LogP contribution in [0.1, 0.15) is 41.6 Å². The van der Waals surface area contributed by atoms with Crippen molar-refractivity contribution in [3.8, 4) is 5.75 Å². The second-order valence-corrected chi connectivity index (χ2v) is 9.47. The molecule has 1 aliphatic carbocycles. The zero-order valence-corrected chi connectivity index (χ0v) is 20.9. The summed E-state index contributed by atoms with van der Waals surface area (Å²) in [6.07, 6.45) is 3.22. The summed E-state index contributed by atoms with van der Waals surface area (Å²) in [5.41, 5.74) is 7.31. The number of rotatable bonds is 8. The summed E-state index contributed by atoms with van der Waals surface area (Å²) in [6.45, 7) is -0.132. The Morgan fingerprint density at radius 1 is 1.00 bits per heavy atom. The number of carbonyl (C=O) groups is 2. The molecule has 0 heterocycles. The van der Waals surface area contributed by atoms with Gasteiger partial charge in [-0.05, 0) is 60.9 Å². The van der Waals surface area contributed by atoms with E-state index in [1.54, 1.807) is 30.3 Å². The maximum absolute atomic E-state index is 13.9. The maximum atomic E-state index is 13.9. The molecular formula is C28H28ClF2N3O3. The average molecular weight is 528 g/mol. The van der Waals surface area contributed by atoms with Crippen LogP contribution in [-0.4, -0.2) is 35.4 Å². The van der Waals surface area contributed by atoms with Crippen LogP contribution in [-0.2, 0) is 11.3 Å². The molecule has 3 aromatic carbocycles. The number of benzene rings is 3. The highest BCUT2D eigenvalue weighted by Gasteiger charge is 2.32. The molecule has 0 bridgehead atoms. The molecule has 1 fully saturated rings.